The summed E-state index contributed by atoms with van der Waals surface area (Å²) >= 11 is 0. The van der Waals surface area contributed by atoms with Gasteiger partial charge in [0.25, 0.3) is 0 Å². The third-order valence-corrected chi connectivity index (χ3v) is 2.55. The fraction of sp³-hybridized carbons (Fsp3) is 0.250. The van der Waals surface area contributed by atoms with Gasteiger partial charge in [0.2, 0.25) is 0 Å². The second-order valence-corrected chi connectivity index (χ2v) is 3.56. The van der Waals surface area contributed by atoms with E-state index in [4.69, 9.17) is 5.11 Å². The highest BCUT2D eigenvalue weighted by molar-refractivity contribution is 5.19. The van der Waals surface area contributed by atoms with Crippen molar-refractivity contribution in [1.82, 2.24) is 9.78 Å². The third-order valence-electron chi connectivity index (χ3n) is 2.55. The largest absolute Gasteiger partial charge is 0.392 e. The van der Waals surface area contributed by atoms with Crippen LogP contribution in [0.5, 0.6) is 0 Å². The molecule has 0 bridgehead atoms. The molecule has 0 radical (unpaired) electrons. The van der Waals surface area contributed by atoms with Crippen LogP contribution in [0.3, 0.4) is 0 Å². The number of hydrogen-bond acceptors (Lipinski definition) is 2. The van der Waals surface area contributed by atoms with Crippen LogP contribution in [0.4, 0.5) is 0 Å². The average molecular weight is 202 g/mol. The monoisotopic (exact) mass is 202 g/mol. The fourth-order valence-corrected chi connectivity index (χ4v) is 1.56. The molecule has 0 aliphatic carbocycles. The van der Waals surface area contributed by atoms with E-state index in [-0.39, 0.29) is 6.61 Å². The summed E-state index contributed by atoms with van der Waals surface area (Å²) in [6.45, 7) is 2.79. The molecule has 0 amide bonds. The summed E-state index contributed by atoms with van der Waals surface area (Å²) in [7, 11) is 0. The first kappa shape index (κ1) is 9.93. The van der Waals surface area contributed by atoms with E-state index in [1.807, 2.05) is 29.8 Å². The zero-order valence-corrected chi connectivity index (χ0v) is 8.72. The van der Waals surface area contributed by atoms with Gasteiger partial charge in [0.15, 0.2) is 0 Å². The quantitative estimate of drug-likeness (QED) is 0.823. The molecule has 3 heteroatoms. The van der Waals surface area contributed by atoms with Crippen molar-refractivity contribution in [2.75, 3.05) is 0 Å². The number of aliphatic hydroxyl groups is 1. The lowest BCUT2D eigenvalue weighted by molar-refractivity contribution is 0.281. The van der Waals surface area contributed by atoms with E-state index < -0.39 is 0 Å². The van der Waals surface area contributed by atoms with E-state index in [0.29, 0.717) is 0 Å². The lowest BCUT2D eigenvalue weighted by Gasteiger charge is -2.04. The Morgan fingerprint density at radius 2 is 2.00 bits per heavy atom. The van der Waals surface area contributed by atoms with Crippen LogP contribution in [0.2, 0.25) is 0 Å². The Morgan fingerprint density at radius 1 is 1.27 bits per heavy atom. The van der Waals surface area contributed by atoms with Crippen LogP contribution < -0.4 is 0 Å². The van der Waals surface area contributed by atoms with Crippen molar-refractivity contribution in [3.8, 4) is 0 Å². The molecule has 1 aromatic carbocycles. The number of benzene rings is 1. The van der Waals surface area contributed by atoms with Crippen LogP contribution in [0.1, 0.15) is 16.8 Å². The summed E-state index contributed by atoms with van der Waals surface area (Å²) in [6.07, 6.45) is 1.72. The Bertz CT molecular complexity index is 434. The van der Waals surface area contributed by atoms with Gasteiger partial charge in [-0.1, -0.05) is 30.3 Å². The Hall–Kier alpha value is -1.61. The maximum Gasteiger partial charge on any atom is 0.0715 e. The van der Waals surface area contributed by atoms with Crippen molar-refractivity contribution in [1.29, 1.82) is 0 Å². The minimum Gasteiger partial charge on any atom is -0.392 e. The first-order valence-electron chi connectivity index (χ1n) is 4.97. The Balaban J connectivity index is 2.21. The van der Waals surface area contributed by atoms with E-state index in [1.165, 1.54) is 5.56 Å². The second-order valence-electron chi connectivity index (χ2n) is 3.56. The molecule has 0 spiro atoms. The van der Waals surface area contributed by atoms with Crippen molar-refractivity contribution in [2.45, 2.75) is 20.1 Å². The molecule has 2 aromatic rings. The number of nitrogens with zero attached hydrogens (tertiary/aromatic N) is 2. The Morgan fingerprint density at radius 3 is 2.60 bits per heavy atom. The molecule has 0 atom stereocenters. The summed E-state index contributed by atoms with van der Waals surface area (Å²) in [6, 6.07) is 10.2. The van der Waals surface area contributed by atoms with Gasteiger partial charge < -0.3 is 5.11 Å². The second kappa shape index (κ2) is 4.28. The van der Waals surface area contributed by atoms with Crippen molar-refractivity contribution < 1.29 is 5.11 Å². The van der Waals surface area contributed by atoms with E-state index in [1.54, 1.807) is 6.20 Å². The molecular weight excluding hydrogens is 188 g/mol. The Kier molecular flexibility index (Phi) is 2.83. The van der Waals surface area contributed by atoms with Crippen LogP contribution in [0.15, 0.2) is 36.5 Å². The number of rotatable bonds is 3. The minimum atomic E-state index is 0.0562. The number of aromatic nitrogens is 2. The SMILES string of the molecule is Cc1c(CO)cnn1Cc1ccccc1. The number of hydrogen-bond donors (Lipinski definition) is 1. The van der Waals surface area contributed by atoms with E-state index in [0.717, 1.165) is 17.8 Å². The summed E-state index contributed by atoms with van der Waals surface area (Å²) in [4.78, 5) is 0. The Labute approximate surface area is 89.0 Å². The molecule has 0 aliphatic heterocycles. The van der Waals surface area contributed by atoms with Gasteiger partial charge in [-0.2, -0.15) is 5.10 Å². The van der Waals surface area contributed by atoms with Gasteiger partial charge in [0, 0.05) is 11.3 Å². The van der Waals surface area contributed by atoms with Gasteiger partial charge in [-0.05, 0) is 12.5 Å². The standard InChI is InChI=1S/C12H14N2O/c1-10-12(9-15)7-13-14(10)8-11-5-3-2-4-6-11/h2-7,15H,8-9H2,1H3. The molecule has 1 heterocycles. The normalized spacial score (nSPS) is 10.5. The van der Waals surface area contributed by atoms with Crippen LogP contribution in [0.25, 0.3) is 0 Å². The lowest BCUT2D eigenvalue weighted by atomic mass is 10.2. The highest BCUT2D eigenvalue weighted by Gasteiger charge is 2.04. The zero-order valence-electron chi connectivity index (χ0n) is 8.72. The van der Waals surface area contributed by atoms with Crippen LogP contribution >= 0.6 is 0 Å². The van der Waals surface area contributed by atoms with Gasteiger partial charge in [0.05, 0.1) is 19.3 Å². The minimum absolute atomic E-state index is 0.0562. The third kappa shape index (κ3) is 2.07. The van der Waals surface area contributed by atoms with E-state index in [2.05, 4.69) is 17.2 Å². The lowest BCUT2D eigenvalue weighted by Crippen LogP contribution is -2.04. The number of aliphatic hydroxyl groups excluding tert-OH is 1. The molecular formula is C12H14N2O. The van der Waals surface area contributed by atoms with Crippen LogP contribution in [-0.4, -0.2) is 14.9 Å². The molecule has 1 aromatic heterocycles. The summed E-state index contributed by atoms with van der Waals surface area (Å²) in [5, 5.41) is 13.3. The summed E-state index contributed by atoms with van der Waals surface area (Å²) in [5.74, 6) is 0. The topological polar surface area (TPSA) is 38.1 Å². The average Bonchev–Trinajstić information content (AvgIpc) is 2.62. The smallest absolute Gasteiger partial charge is 0.0715 e. The molecule has 3 nitrogen and oxygen atoms in total. The van der Waals surface area contributed by atoms with Crippen molar-refractivity contribution >= 4 is 0 Å². The summed E-state index contributed by atoms with van der Waals surface area (Å²) < 4.78 is 1.90. The molecule has 78 valence electrons. The van der Waals surface area contributed by atoms with Gasteiger partial charge in [-0.3, -0.25) is 4.68 Å². The maximum atomic E-state index is 9.04. The van der Waals surface area contributed by atoms with Gasteiger partial charge in [0.1, 0.15) is 0 Å². The van der Waals surface area contributed by atoms with Gasteiger partial charge in [-0.25, -0.2) is 0 Å². The predicted octanol–water partition coefficient (Wildman–Crippen LogP) is 1.73. The molecule has 1 N–H and O–H groups in total. The van der Waals surface area contributed by atoms with Crippen LogP contribution in [-0.2, 0) is 13.2 Å². The first-order valence-corrected chi connectivity index (χ1v) is 4.97. The van der Waals surface area contributed by atoms with Gasteiger partial charge >= 0.3 is 0 Å². The zero-order chi connectivity index (χ0) is 10.7. The van der Waals surface area contributed by atoms with Crippen molar-refractivity contribution in [3.05, 3.63) is 53.3 Å². The van der Waals surface area contributed by atoms with E-state index in [9.17, 15) is 0 Å². The molecule has 0 saturated heterocycles. The first-order chi connectivity index (χ1) is 7.31. The predicted molar refractivity (Wildman–Crippen MR) is 58.4 cm³/mol. The molecule has 0 fully saturated rings. The highest BCUT2D eigenvalue weighted by atomic mass is 16.3. The highest BCUT2D eigenvalue weighted by Crippen LogP contribution is 2.09. The van der Waals surface area contributed by atoms with Crippen LogP contribution in [0, 0.1) is 6.92 Å². The molecule has 15 heavy (non-hydrogen) atoms. The van der Waals surface area contributed by atoms with Crippen molar-refractivity contribution in [2.24, 2.45) is 0 Å². The molecule has 0 unspecified atom stereocenters. The van der Waals surface area contributed by atoms with Crippen molar-refractivity contribution in [3.63, 3.8) is 0 Å². The maximum absolute atomic E-state index is 9.04. The fourth-order valence-electron chi connectivity index (χ4n) is 1.56. The molecule has 2 rings (SSSR count). The van der Waals surface area contributed by atoms with E-state index >= 15 is 0 Å². The van der Waals surface area contributed by atoms with Gasteiger partial charge in [-0.15, -0.1) is 0 Å². The summed E-state index contributed by atoms with van der Waals surface area (Å²) in [5.41, 5.74) is 3.14. The molecule has 0 aliphatic rings. The molecule has 0 saturated carbocycles.